The highest BCUT2D eigenvalue weighted by atomic mass is 15.3. The third-order valence-electron chi connectivity index (χ3n) is 3.26. The average molecular weight is 266 g/mol. The van der Waals surface area contributed by atoms with Gasteiger partial charge in [-0.2, -0.15) is 5.10 Å². The van der Waals surface area contributed by atoms with Gasteiger partial charge < -0.3 is 5.32 Å². The predicted octanol–water partition coefficient (Wildman–Crippen LogP) is 3.30. The van der Waals surface area contributed by atoms with Gasteiger partial charge in [0.15, 0.2) is 0 Å². The van der Waals surface area contributed by atoms with Crippen LogP contribution in [0, 0.1) is 0 Å². The molecule has 0 saturated heterocycles. The van der Waals surface area contributed by atoms with Crippen LogP contribution in [0.5, 0.6) is 0 Å². The Morgan fingerprint density at radius 3 is 3.00 bits per heavy atom. The van der Waals surface area contributed by atoms with Gasteiger partial charge in [-0.3, -0.25) is 4.68 Å². The Balaban J connectivity index is 1.83. The first-order valence-corrected chi connectivity index (χ1v) is 6.96. The molecule has 0 radical (unpaired) electrons. The zero-order valence-corrected chi connectivity index (χ0v) is 11.6. The van der Waals surface area contributed by atoms with Gasteiger partial charge in [-0.05, 0) is 30.2 Å². The lowest BCUT2D eigenvalue weighted by atomic mass is 10.2. The SMILES string of the molecule is CCCNc1cc(Cn2ncc3ccccc32)ccn1. The number of hydrogen-bond acceptors (Lipinski definition) is 3. The summed E-state index contributed by atoms with van der Waals surface area (Å²) >= 11 is 0. The number of rotatable bonds is 5. The Hall–Kier alpha value is -2.36. The minimum Gasteiger partial charge on any atom is -0.370 e. The molecule has 0 unspecified atom stereocenters. The van der Waals surface area contributed by atoms with Crippen molar-refractivity contribution in [2.75, 3.05) is 11.9 Å². The molecular weight excluding hydrogens is 248 g/mol. The number of aromatic nitrogens is 3. The van der Waals surface area contributed by atoms with Crippen molar-refractivity contribution in [3.8, 4) is 0 Å². The summed E-state index contributed by atoms with van der Waals surface area (Å²) in [5, 5.41) is 8.94. The molecule has 2 aromatic heterocycles. The van der Waals surface area contributed by atoms with Gasteiger partial charge >= 0.3 is 0 Å². The molecule has 1 aromatic carbocycles. The van der Waals surface area contributed by atoms with E-state index in [1.165, 1.54) is 10.9 Å². The standard InChI is InChI=1S/C16H18N4/c1-2-8-17-16-10-13(7-9-18-16)12-20-15-6-4-3-5-14(15)11-19-20/h3-7,9-11H,2,8,12H2,1H3,(H,17,18). The van der Waals surface area contributed by atoms with Gasteiger partial charge in [-0.15, -0.1) is 0 Å². The molecule has 0 atom stereocenters. The molecule has 0 spiro atoms. The maximum absolute atomic E-state index is 4.46. The van der Waals surface area contributed by atoms with Gasteiger partial charge in [0.2, 0.25) is 0 Å². The van der Waals surface area contributed by atoms with E-state index in [9.17, 15) is 0 Å². The number of pyridine rings is 1. The second-order valence-electron chi connectivity index (χ2n) is 4.84. The highest BCUT2D eigenvalue weighted by Crippen LogP contribution is 2.15. The topological polar surface area (TPSA) is 42.7 Å². The van der Waals surface area contributed by atoms with E-state index >= 15 is 0 Å². The number of fused-ring (bicyclic) bond motifs is 1. The maximum atomic E-state index is 4.46. The van der Waals surface area contributed by atoms with Gasteiger partial charge in [0, 0.05) is 18.1 Å². The van der Waals surface area contributed by atoms with Gasteiger partial charge in [-0.25, -0.2) is 4.98 Å². The third kappa shape index (κ3) is 2.64. The monoisotopic (exact) mass is 266 g/mol. The van der Waals surface area contributed by atoms with Gasteiger partial charge in [0.05, 0.1) is 18.3 Å². The summed E-state index contributed by atoms with van der Waals surface area (Å²) in [5.74, 6) is 0.931. The summed E-state index contributed by atoms with van der Waals surface area (Å²) in [6, 6.07) is 12.4. The van der Waals surface area contributed by atoms with Crippen LogP contribution in [0.3, 0.4) is 0 Å². The van der Waals surface area contributed by atoms with E-state index in [2.05, 4.69) is 40.5 Å². The zero-order chi connectivity index (χ0) is 13.8. The van der Waals surface area contributed by atoms with Crippen molar-refractivity contribution in [2.45, 2.75) is 19.9 Å². The molecule has 3 rings (SSSR count). The molecule has 0 fully saturated rings. The van der Waals surface area contributed by atoms with E-state index in [1.807, 2.05) is 35.3 Å². The number of benzene rings is 1. The molecule has 102 valence electrons. The van der Waals surface area contributed by atoms with E-state index in [1.54, 1.807) is 0 Å². The third-order valence-corrected chi connectivity index (χ3v) is 3.26. The fourth-order valence-electron chi connectivity index (χ4n) is 2.25. The van der Waals surface area contributed by atoms with Gasteiger partial charge in [-0.1, -0.05) is 25.1 Å². The summed E-state index contributed by atoms with van der Waals surface area (Å²) in [5.41, 5.74) is 2.36. The smallest absolute Gasteiger partial charge is 0.126 e. The minimum absolute atomic E-state index is 0.761. The number of nitrogens with zero attached hydrogens (tertiary/aromatic N) is 3. The van der Waals surface area contributed by atoms with Crippen molar-refractivity contribution >= 4 is 16.7 Å². The molecule has 1 N–H and O–H groups in total. The average Bonchev–Trinajstić information content (AvgIpc) is 2.89. The highest BCUT2D eigenvalue weighted by Gasteiger charge is 2.03. The Morgan fingerprint density at radius 1 is 1.20 bits per heavy atom. The van der Waals surface area contributed by atoms with Crippen LogP contribution in [0.25, 0.3) is 10.9 Å². The van der Waals surface area contributed by atoms with Crippen molar-refractivity contribution in [1.82, 2.24) is 14.8 Å². The number of hydrogen-bond donors (Lipinski definition) is 1. The lowest BCUT2D eigenvalue weighted by Gasteiger charge is -2.07. The van der Waals surface area contributed by atoms with Crippen LogP contribution < -0.4 is 5.32 Å². The second kappa shape index (κ2) is 5.74. The van der Waals surface area contributed by atoms with E-state index < -0.39 is 0 Å². The van der Waals surface area contributed by atoms with Crippen molar-refractivity contribution in [3.05, 3.63) is 54.4 Å². The molecule has 0 aliphatic carbocycles. The zero-order valence-electron chi connectivity index (χ0n) is 11.6. The van der Waals surface area contributed by atoms with Crippen LogP contribution in [-0.2, 0) is 6.54 Å². The first kappa shape index (κ1) is 12.7. The molecule has 3 aromatic rings. The van der Waals surface area contributed by atoms with E-state index in [0.717, 1.165) is 30.8 Å². The van der Waals surface area contributed by atoms with Gasteiger partial charge in [0.1, 0.15) is 5.82 Å². The summed E-state index contributed by atoms with van der Waals surface area (Å²) in [6.45, 7) is 3.85. The normalized spacial score (nSPS) is 10.8. The molecule has 20 heavy (non-hydrogen) atoms. The molecular formula is C16H18N4. The van der Waals surface area contributed by atoms with Crippen LogP contribution in [0.4, 0.5) is 5.82 Å². The van der Waals surface area contributed by atoms with Crippen LogP contribution in [0.2, 0.25) is 0 Å². The first-order valence-electron chi connectivity index (χ1n) is 6.96. The Morgan fingerprint density at radius 2 is 2.10 bits per heavy atom. The Kier molecular flexibility index (Phi) is 3.63. The van der Waals surface area contributed by atoms with Crippen molar-refractivity contribution in [2.24, 2.45) is 0 Å². The van der Waals surface area contributed by atoms with E-state index in [-0.39, 0.29) is 0 Å². The van der Waals surface area contributed by atoms with Crippen LogP contribution in [0.15, 0.2) is 48.8 Å². The molecule has 0 saturated carbocycles. The quantitative estimate of drug-likeness (QED) is 0.770. The second-order valence-corrected chi connectivity index (χ2v) is 4.84. The molecule has 4 nitrogen and oxygen atoms in total. The fraction of sp³-hybridized carbons (Fsp3) is 0.250. The van der Waals surface area contributed by atoms with Crippen LogP contribution >= 0.6 is 0 Å². The van der Waals surface area contributed by atoms with E-state index in [4.69, 9.17) is 0 Å². The van der Waals surface area contributed by atoms with Crippen molar-refractivity contribution < 1.29 is 0 Å². The number of anilines is 1. The number of nitrogens with one attached hydrogen (secondary N) is 1. The van der Waals surface area contributed by atoms with Crippen LogP contribution in [-0.4, -0.2) is 21.3 Å². The molecule has 4 heteroatoms. The van der Waals surface area contributed by atoms with Gasteiger partial charge in [0.25, 0.3) is 0 Å². The van der Waals surface area contributed by atoms with Crippen molar-refractivity contribution in [3.63, 3.8) is 0 Å². The summed E-state index contributed by atoms with van der Waals surface area (Å²) in [7, 11) is 0. The maximum Gasteiger partial charge on any atom is 0.126 e. The largest absolute Gasteiger partial charge is 0.370 e. The lowest BCUT2D eigenvalue weighted by molar-refractivity contribution is 0.711. The summed E-state index contributed by atoms with van der Waals surface area (Å²) in [6.07, 6.45) is 4.85. The Bertz CT molecular complexity index is 702. The minimum atomic E-state index is 0.761. The fourth-order valence-corrected chi connectivity index (χ4v) is 2.25. The Labute approximate surface area is 118 Å². The van der Waals surface area contributed by atoms with E-state index in [0.29, 0.717) is 0 Å². The van der Waals surface area contributed by atoms with Crippen LogP contribution in [0.1, 0.15) is 18.9 Å². The highest BCUT2D eigenvalue weighted by molar-refractivity contribution is 5.78. The lowest BCUT2D eigenvalue weighted by Crippen LogP contribution is -2.05. The molecule has 0 aliphatic rings. The summed E-state index contributed by atoms with van der Waals surface area (Å²) < 4.78 is 2.02. The number of para-hydroxylation sites is 1. The molecule has 0 aliphatic heterocycles. The molecule has 2 heterocycles. The van der Waals surface area contributed by atoms with Crippen molar-refractivity contribution in [1.29, 1.82) is 0 Å². The molecule has 0 amide bonds. The predicted molar refractivity (Wildman–Crippen MR) is 81.9 cm³/mol. The summed E-state index contributed by atoms with van der Waals surface area (Å²) in [4.78, 5) is 4.33. The molecule has 0 bridgehead atoms. The first-order chi connectivity index (χ1) is 9.86.